The fourth-order valence-corrected chi connectivity index (χ4v) is 1.94. The lowest BCUT2D eigenvalue weighted by Gasteiger charge is -2.12. The maximum Gasteiger partial charge on any atom is 0.161 e. The highest BCUT2D eigenvalue weighted by Crippen LogP contribution is 2.29. The molecular weight excluding hydrogens is 295 g/mol. The molecule has 4 nitrogen and oxygen atoms in total. The third-order valence-corrected chi connectivity index (χ3v) is 3.23. The summed E-state index contributed by atoms with van der Waals surface area (Å²) >= 11 is 5.98. The van der Waals surface area contributed by atoms with Crippen LogP contribution in [0.1, 0.15) is 11.1 Å². The van der Waals surface area contributed by atoms with Crippen LogP contribution in [0.25, 0.3) is 0 Å². The maximum atomic E-state index is 13.2. The molecule has 0 aromatic heterocycles. The number of hydrogen-bond donors (Lipinski definition) is 2. The SMILES string of the molecule is COc1cc(C(=N)N)ccc1OCc1cc(F)ccc1Cl. The molecule has 0 unspecified atom stereocenters. The van der Waals surface area contributed by atoms with Crippen LogP contribution in [0.3, 0.4) is 0 Å². The first-order chi connectivity index (χ1) is 10.0. The van der Waals surface area contributed by atoms with Gasteiger partial charge in [-0.1, -0.05) is 11.6 Å². The van der Waals surface area contributed by atoms with Gasteiger partial charge >= 0.3 is 0 Å². The first-order valence-electron chi connectivity index (χ1n) is 6.10. The van der Waals surface area contributed by atoms with Gasteiger partial charge in [-0.15, -0.1) is 0 Å². The Bertz CT molecular complexity index is 677. The van der Waals surface area contributed by atoms with Crippen molar-refractivity contribution in [3.8, 4) is 11.5 Å². The molecule has 0 atom stereocenters. The van der Waals surface area contributed by atoms with E-state index in [1.165, 1.54) is 25.3 Å². The van der Waals surface area contributed by atoms with E-state index in [0.717, 1.165) is 0 Å². The Hall–Kier alpha value is -2.27. The van der Waals surface area contributed by atoms with Gasteiger partial charge < -0.3 is 15.2 Å². The predicted octanol–water partition coefficient (Wildman–Crippen LogP) is 3.35. The van der Waals surface area contributed by atoms with E-state index < -0.39 is 0 Å². The molecule has 3 N–H and O–H groups in total. The molecule has 0 heterocycles. The summed E-state index contributed by atoms with van der Waals surface area (Å²) in [5.74, 6) is 0.461. The highest BCUT2D eigenvalue weighted by Gasteiger charge is 2.09. The molecule has 0 saturated carbocycles. The van der Waals surface area contributed by atoms with Gasteiger partial charge in [0, 0.05) is 16.1 Å². The van der Waals surface area contributed by atoms with E-state index in [1.807, 2.05) is 0 Å². The van der Waals surface area contributed by atoms with Crippen molar-refractivity contribution in [2.45, 2.75) is 6.61 Å². The van der Waals surface area contributed by atoms with Crippen LogP contribution in [0, 0.1) is 11.2 Å². The third kappa shape index (κ3) is 3.64. The fourth-order valence-electron chi connectivity index (χ4n) is 1.76. The lowest BCUT2D eigenvalue weighted by atomic mass is 10.2. The smallest absolute Gasteiger partial charge is 0.161 e. The van der Waals surface area contributed by atoms with Crippen LogP contribution in [0.2, 0.25) is 5.02 Å². The van der Waals surface area contributed by atoms with Gasteiger partial charge in [0.2, 0.25) is 0 Å². The Morgan fingerprint density at radius 1 is 1.24 bits per heavy atom. The molecule has 2 aromatic rings. The second-order valence-corrected chi connectivity index (χ2v) is 4.71. The van der Waals surface area contributed by atoms with E-state index in [2.05, 4.69) is 0 Å². The van der Waals surface area contributed by atoms with Crippen LogP contribution in [-0.2, 0) is 6.61 Å². The Morgan fingerprint density at radius 2 is 2.00 bits per heavy atom. The second-order valence-electron chi connectivity index (χ2n) is 4.30. The van der Waals surface area contributed by atoms with E-state index in [9.17, 15) is 4.39 Å². The molecule has 0 aliphatic carbocycles. The molecule has 0 amide bonds. The van der Waals surface area contributed by atoms with Crippen LogP contribution in [0.5, 0.6) is 11.5 Å². The number of methoxy groups -OCH3 is 1. The molecule has 0 aliphatic rings. The molecule has 0 bridgehead atoms. The predicted molar refractivity (Wildman–Crippen MR) is 79.8 cm³/mol. The van der Waals surface area contributed by atoms with Gasteiger partial charge in [0.05, 0.1) is 7.11 Å². The molecule has 0 fully saturated rings. The Morgan fingerprint density at radius 3 is 2.67 bits per heavy atom. The van der Waals surface area contributed by atoms with E-state index in [0.29, 0.717) is 27.6 Å². The zero-order valence-corrected chi connectivity index (χ0v) is 12.1. The third-order valence-electron chi connectivity index (χ3n) is 2.87. The largest absolute Gasteiger partial charge is 0.493 e. The number of ether oxygens (including phenoxy) is 2. The van der Waals surface area contributed by atoms with Crippen LogP contribution in [0.15, 0.2) is 36.4 Å². The molecule has 6 heteroatoms. The van der Waals surface area contributed by atoms with E-state index >= 15 is 0 Å². The summed E-state index contributed by atoms with van der Waals surface area (Å²) in [5.41, 5.74) is 6.48. The van der Waals surface area contributed by atoms with E-state index in [1.54, 1.807) is 18.2 Å². The summed E-state index contributed by atoms with van der Waals surface area (Å²) in [5, 5.41) is 7.81. The Labute approximate surface area is 126 Å². The van der Waals surface area contributed by atoms with Crippen LogP contribution >= 0.6 is 11.6 Å². The van der Waals surface area contributed by atoms with E-state index in [4.69, 9.17) is 32.2 Å². The number of nitrogens with two attached hydrogens (primary N) is 1. The average molecular weight is 309 g/mol. The minimum atomic E-state index is -0.378. The molecule has 0 radical (unpaired) electrons. The van der Waals surface area contributed by atoms with Crippen LogP contribution in [0.4, 0.5) is 4.39 Å². The average Bonchev–Trinajstić information content (AvgIpc) is 2.47. The fraction of sp³-hybridized carbons (Fsp3) is 0.133. The number of benzene rings is 2. The summed E-state index contributed by atoms with van der Waals surface area (Å²) in [7, 11) is 1.49. The second kappa shape index (κ2) is 6.45. The van der Waals surface area contributed by atoms with Crippen molar-refractivity contribution in [1.82, 2.24) is 0 Å². The monoisotopic (exact) mass is 308 g/mol. The number of amidine groups is 1. The molecular formula is C15H14ClFN2O2. The molecule has 2 aromatic carbocycles. The first kappa shape index (κ1) is 15.1. The number of nitrogen functional groups attached to an aromatic ring is 1. The van der Waals surface area contributed by atoms with Gasteiger partial charge in [0.25, 0.3) is 0 Å². The first-order valence-corrected chi connectivity index (χ1v) is 6.48. The zero-order valence-electron chi connectivity index (χ0n) is 11.3. The maximum absolute atomic E-state index is 13.2. The zero-order chi connectivity index (χ0) is 15.4. The number of hydrogen-bond acceptors (Lipinski definition) is 3. The number of rotatable bonds is 5. The van der Waals surface area contributed by atoms with Crippen LogP contribution < -0.4 is 15.2 Å². The molecule has 21 heavy (non-hydrogen) atoms. The minimum absolute atomic E-state index is 0.0620. The number of halogens is 2. The highest BCUT2D eigenvalue weighted by atomic mass is 35.5. The normalized spacial score (nSPS) is 10.2. The molecule has 0 aliphatic heterocycles. The van der Waals surface area contributed by atoms with Gasteiger partial charge in [-0.3, -0.25) is 5.41 Å². The van der Waals surface area contributed by atoms with Gasteiger partial charge in [-0.25, -0.2) is 4.39 Å². The summed E-state index contributed by atoms with van der Waals surface area (Å²) in [6, 6.07) is 8.97. The summed E-state index contributed by atoms with van der Waals surface area (Å²) in [6.07, 6.45) is 0. The minimum Gasteiger partial charge on any atom is -0.493 e. The Balaban J connectivity index is 2.19. The molecule has 110 valence electrons. The summed E-state index contributed by atoms with van der Waals surface area (Å²) in [4.78, 5) is 0. The number of nitrogens with one attached hydrogen (secondary N) is 1. The van der Waals surface area contributed by atoms with Gasteiger partial charge in [0.15, 0.2) is 11.5 Å². The van der Waals surface area contributed by atoms with Crippen molar-refractivity contribution in [1.29, 1.82) is 5.41 Å². The van der Waals surface area contributed by atoms with Gasteiger partial charge in [-0.05, 0) is 36.4 Å². The van der Waals surface area contributed by atoms with Crippen molar-refractivity contribution >= 4 is 17.4 Å². The highest BCUT2D eigenvalue weighted by molar-refractivity contribution is 6.31. The van der Waals surface area contributed by atoms with Gasteiger partial charge in [0.1, 0.15) is 18.3 Å². The lowest BCUT2D eigenvalue weighted by molar-refractivity contribution is 0.284. The van der Waals surface area contributed by atoms with Crippen molar-refractivity contribution in [3.63, 3.8) is 0 Å². The van der Waals surface area contributed by atoms with Crippen molar-refractivity contribution in [2.24, 2.45) is 5.73 Å². The molecule has 2 rings (SSSR count). The summed E-state index contributed by atoms with van der Waals surface area (Å²) < 4.78 is 24.0. The van der Waals surface area contributed by atoms with Crippen LogP contribution in [-0.4, -0.2) is 12.9 Å². The summed E-state index contributed by atoms with van der Waals surface area (Å²) in [6.45, 7) is 0.104. The van der Waals surface area contributed by atoms with Crippen molar-refractivity contribution in [3.05, 3.63) is 58.4 Å². The van der Waals surface area contributed by atoms with Gasteiger partial charge in [-0.2, -0.15) is 0 Å². The molecule has 0 spiro atoms. The van der Waals surface area contributed by atoms with Crippen molar-refractivity contribution in [2.75, 3.05) is 7.11 Å². The quantitative estimate of drug-likeness (QED) is 0.657. The van der Waals surface area contributed by atoms with E-state index in [-0.39, 0.29) is 18.3 Å². The lowest BCUT2D eigenvalue weighted by Crippen LogP contribution is -2.11. The standard InChI is InChI=1S/C15H14ClFN2O2/c1-20-14-7-9(15(18)19)2-5-13(14)21-8-10-6-11(17)3-4-12(10)16/h2-7H,8H2,1H3,(H3,18,19). The molecule has 0 saturated heterocycles. The van der Waals surface area contributed by atoms with Crippen molar-refractivity contribution < 1.29 is 13.9 Å². The topological polar surface area (TPSA) is 68.3 Å². The Kier molecular flexibility index (Phi) is 4.65.